The van der Waals surface area contributed by atoms with Crippen molar-refractivity contribution in [3.8, 4) is 0 Å². The van der Waals surface area contributed by atoms with Crippen LogP contribution in [-0.4, -0.2) is 31.1 Å². The van der Waals surface area contributed by atoms with Gasteiger partial charge in [0.15, 0.2) is 0 Å². The summed E-state index contributed by atoms with van der Waals surface area (Å²) in [6.45, 7) is 4.66. The highest BCUT2D eigenvalue weighted by Crippen LogP contribution is 2.38. The van der Waals surface area contributed by atoms with Gasteiger partial charge in [-0.05, 0) is 37.1 Å². The van der Waals surface area contributed by atoms with Crippen LogP contribution in [0.25, 0.3) is 11.7 Å². The summed E-state index contributed by atoms with van der Waals surface area (Å²) in [6, 6.07) is 14.9. The first-order valence-corrected chi connectivity index (χ1v) is 11.3. The zero-order chi connectivity index (χ0) is 22.0. The molecule has 1 saturated heterocycles. The first-order chi connectivity index (χ1) is 15.0. The summed E-state index contributed by atoms with van der Waals surface area (Å²) in [6.07, 6.45) is 4.17. The van der Waals surface area contributed by atoms with Crippen molar-refractivity contribution in [1.29, 1.82) is 0 Å². The molecule has 1 aliphatic rings. The average molecular weight is 451 g/mol. The Kier molecular flexibility index (Phi) is 6.20. The van der Waals surface area contributed by atoms with E-state index in [0.717, 1.165) is 12.0 Å². The van der Waals surface area contributed by atoms with Crippen molar-refractivity contribution in [2.75, 3.05) is 11.9 Å². The highest BCUT2D eigenvalue weighted by atomic mass is 32.2. The molecule has 31 heavy (non-hydrogen) atoms. The van der Waals surface area contributed by atoms with Gasteiger partial charge in [-0.3, -0.25) is 18.9 Å². The number of nitrogens with one attached hydrogen (secondary N) is 1. The number of thiocarbonyl (C=S) groups is 1. The predicted octanol–water partition coefficient (Wildman–Crippen LogP) is 4.48. The van der Waals surface area contributed by atoms with Gasteiger partial charge in [-0.25, -0.2) is 4.98 Å². The normalized spacial score (nSPS) is 16.3. The minimum Gasteiger partial charge on any atom is -0.369 e. The number of carbonyl (C=O) groups excluding carboxylic acids is 1. The van der Waals surface area contributed by atoms with Gasteiger partial charge in [0.1, 0.15) is 15.8 Å². The Morgan fingerprint density at radius 3 is 2.65 bits per heavy atom. The van der Waals surface area contributed by atoms with Crippen LogP contribution in [0.5, 0.6) is 0 Å². The number of hydrogen-bond donors (Lipinski definition) is 1. The Bertz CT molecular complexity index is 1240. The van der Waals surface area contributed by atoms with Crippen LogP contribution < -0.4 is 10.9 Å². The molecule has 0 aliphatic carbocycles. The number of fused-ring (bicyclic) bond motifs is 1. The van der Waals surface area contributed by atoms with Crippen molar-refractivity contribution in [2.45, 2.75) is 26.3 Å². The molecule has 3 aromatic rings. The molecule has 0 saturated carbocycles. The number of hydrogen-bond acceptors (Lipinski definition) is 6. The van der Waals surface area contributed by atoms with Crippen LogP contribution >= 0.6 is 24.0 Å². The van der Waals surface area contributed by atoms with E-state index in [0.29, 0.717) is 32.8 Å². The van der Waals surface area contributed by atoms with Crippen molar-refractivity contribution in [2.24, 2.45) is 0 Å². The fraction of sp³-hybridized carbons (Fsp3) is 0.217. The first kappa shape index (κ1) is 21.3. The summed E-state index contributed by atoms with van der Waals surface area (Å²) in [5.41, 5.74) is 1.67. The van der Waals surface area contributed by atoms with E-state index in [1.54, 1.807) is 29.3 Å². The highest BCUT2D eigenvalue weighted by molar-refractivity contribution is 8.26. The summed E-state index contributed by atoms with van der Waals surface area (Å²) in [7, 11) is 0. The second-order valence-corrected chi connectivity index (χ2v) is 8.85. The Morgan fingerprint density at radius 2 is 1.90 bits per heavy atom. The second-order valence-electron chi connectivity index (χ2n) is 7.17. The van der Waals surface area contributed by atoms with Gasteiger partial charge in [-0.2, -0.15) is 0 Å². The molecule has 0 bridgehead atoms. The van der Waals surface area contributed by atoms with E-state index in [1.165, 1.54) is 16.2 Å². The van der Waals surface area contributed by atoms with Crippen molar-refractivity contribution >= 4 is 51.7 Å². The van der Waals surface area contributed by atoms with Gasteiger partial charge in [0, 0.05) is 12.7 Å². The van der Waals surface area contributed by atoms with Gasteiger partial charge < -0.3 is 5.32 Å². The molecule has 6 nitrogen and oxygen atoms in total. The van der Waals surface area contributed by atoms with E-state index in [9.17, 15) is 9.59 Å². The predicted molar refractivity (Wildman–Crippen MR) is 130 cm³/mol. The molecule has 0 unspecified atom stereocenters. The standard InChI is InChI=1S/C23H22N4O2S2/c1-3-12-24-20-17(21(28)26-13-8-7-11-19(26)25-20)14-18-22(29)27(23(30)31-18)15(2)16-9-5-4-6-10-16/h4-11,13-15,24H,3,12H2,1-2H3/b18-14-/t15-/m0/s1. The van der Waals surface area contributed by atoms with Crippen LogP contribution in [0, 0.1) is 0 Å². The maximum atomic E-state index is 13.2. The number of benzene rings is 1. The lowest BCUT2D eigenvalue weighted by Crippen LogP contribution is -2.31. The van der Waals surface area contributed by atoms with Crippen LogP contribution in [0.4, 0.5) is 5.82 Å². The number of amides is 1. The summed E-state index contributed by atoms with van der Waals surface area (Å²) < 4.78 is 1.96. The Labute approximate surface area is 190 Å². The molecule has 0 radical (unpaired) electrons. The van der Waals surface area contributed by atoms with Gasteiger partial charge >= 0.3 is 0 Å². The van der Waals surface area contributed by atoms with E-state index in [-0.39, 0.29) is 17.5 Å². The SMILES string of the molecule is CCCNc1nc2ccccn2c(=O)c1/C=C1\SC(=S)N([C@@H](C)c2ccccc2)C1=O. The molecule has 158 valence electrons. The third-order valence-electron chi connectivity index (χ3n) is 5.08. The number of thioether (sulfide) groups is 1. The molecule has 4 rings (SSSR count). The van der Waals surface area contributed by atoms with Gasteiger partial charge in [0.25, 0.3) is 11.5 Å². The van der Waals surface area contributed by atoms with E-state index < -0.39 is 0 Å². The van der Waals surface area contributed by atoms with E-state index in [4.69, 9.17) is 12.2 Å². The summed E-state index contributed by atoms with van der Waals surface area (Å²) in [5, 5.41) is 3.22. The lowest BCUT2D eigenvalue weighted by Gasteiger charge is -2.23. The monoisotopic (exact) mass is 450 g/mol. The van der Waals surface area contributed by atoms with Gasteiger partial charge in [-0.15, -0.1) is 0 Å². The molecule has 2 aromatic heterocycles. The molecule has 1 atom stereocenters. The Hall–Kier alpha value is -2.97. The minimum atomic E-state index is -0.231. The van der Waals surface area contributed by atoms with Crippen LogP contribution in [0.2, 0.25) is 0 Å². The fourth-order valence-corrected chi connectivity index (χ4v) is 4.84. The average Bonchev–Trinajstić information content (AvgIpc) is 3.07. The quantitative estimate of drug-likeness (QED) is 0.441. The Balaban J connectivity index is 1.76. The van der Waals surface area contributed by atoms with Gasteiger partial charge in [0.05, 0.1) is 16.5 Å². The van der Waals surface area contributed by atoms with E-state index in [1.807, 2.05) is 50.2 Å². The number of nitrogens with zero attached hydrogens (tertiary/aromatic N) is 3. The third kappa shape index (κ3) is 4.13. The number of pyridine rings is 1. The molecule has 1 fully saturated rings. The summed E-state index contributed by atoms with van der Waals surface area (Å²) >= 11 is 6.72. The van der Waals surface area contributed by atoms with Crippen LogP contribution in [0.1, 0.15) is 37.4 Å². The van der Waals surface area contributed by atoms with E-state index in [2.05, 4.69) is 10.3 Å². The molecular formula is C23H22N4O2S2. The smallest absolute Gasteiger partial charge is 0.267 e. The molecule has 1 N–H and O–H groups in total. The van der Waals surface area contributed by atoms with Crippen molar-refractivity contribution in [3.63, 3.8) is 0 Å². The number of carbonyl (C=O) groups is 1. The second kappa shape index (κ2) is 9.03. The number of aromatic nitrogens is 2. The van der Waals surface area contributed by atoms with Crippen molar-refractivity contribution < 1.29 is 4.79 Å². The van der Waals surface area contributed by atoms with Gasteiger partial charge in [0.2, 0.25) is 0 Å². The first-order valence-electron chi connectivity index (χ1n) is 10.1. The maximum absolute atomic E-state index is 13.2. The molecule has 0 spiro atoms. The van der Waals surface area contributed by atoms with Crippen LogP contribution in [-0.2, 0) is 4.79 Å². The highest BCUT2D eigenvalue weighted by Gasteiger charge is 2.36. The number of rotatable bonds is 6. The molecule has 1 aromatic carbocycles. The largest absolute Gasteiger partial charge is 0.369 e. The van der Waals surface area contributed by atoms with E-state index >= 15 is 0 Å². The van der Waals surface area contributed by atoms with Crippen molar-refractivity contribution in [1.82, 2.24) is 14.3 Å². The molecule has 1 amide bonds. The summed E-state index contributed by atoms with van der Waals surface area (Å²) in [4.78, 5) is 33.1. The topological polar surface area (TPSA) is 66.7 Å². The zero-order valence-corrected chi connectivity index (χ0v) is 18.9. The lowest BCUT2D eigenvalue weighted by atomic mass is 10.1. The fourth-order valence-electron chi connectivity index (χ4n) is 3.44. The van der Waals surface area contributed by atoms with Crippen LogP contribution in [0.3, 0.4) is 0 Å². The maximum Gasteiger partial charge on any atom is 0.267 e. The molecule has 8 heteroatoms. The van der Waals surface area contributed by atoms with Crippen molar-refractivity contribution in [3.05, 3.63) is 81.1 Å². The molecule has 3 heterocycles. The zero-order valence-electron chi connectivity index (χ0n) is 17.2. The third-order valence-corrected chi connectivity index (χ3v) is 6.41. The number of anilines is 1. The van der Waals surface area contributed by atoms with Crippen LogP contribution in [0.15, 0.2) is 64.4 Å². The summed E-state index contributed by atoms with van der Waals surface area (Å²) in [5.74, 6) is 0.268. The minimum absolute atomic E-state index is 0.201. The molecule has 1 aliphatic heterocycles. The van der Waals surface area contributed by atoms with Gasteiger partial charge in [-0.1, -0.05) is 67.3 Å². The lowest BCUT2D eigenvalue weighted by molar-refractivity contribution is -0.123. The Morgan fingerprint density at radius 1 is 1.16 bits per heavy atom. The molecular weight excluding hydrogens is 428 g/mol.